The van der Waals surface area contributed by atoms with E-state index in [-0.39, 0.29) is 5.91 Å². The van der Waals surface area contributed by atoms with Crippen molar-refractivity contribution in [3.05, 3.63) is 58.7 Å². The highest BCUT2D eigenvalue weighted by Crippen LogP contribution is 2.10. The number of carbonyl (C=O) groups is 1. The molecule has 0 fully saturated rings. The van der Waals surface area contributed by atoms with Crippen molar-refractivity contribution in [2.75, 3.05) is 0 Å². The van der Waals surface area contributed by atoms with Crippen LogP contribution in [0.3, 0.4) is 0 Å². The smallest absolute Gasteiger partial charge is 0.251 e. The summed E-state index contributed by atoms with van der Waals surface area (Å²) in [6, 6.07) is 3.41. The third-order valence-corrected chi connectivity index (χ3v) is 3.81. The fourth-order valence-electron chi connectivity index (χ4n) is 1.84. The lowest BCUT2D eigenvalue weighted by molar-refractivity contribution is 0.0950. The quantitative estimate of drug-likeness (QED) is 0.799. The Bertz CT molecular complexity index is 750. The summed E-state index contributed by atoms with van der Waals surface area (Å²) in [5.74, 6) is 0.511. The zero-order valence-corrected chi connectivity index (χ0v) is 12.2. The van der Waals surface area contributed by atoms with Gasteiger partial charge in [-0.15, -0.1) is 11.3 Å². The molecule has 0 spiro atoms. The standard InChI is InChI=1S/C14H13N5OS/c1-10-8-21-13(18-10)7-17-14(20)11-2-3-16-12(6-11)19-5-4-15-9-19/h2-6,8-9H,7H2,1H3,(H,17,20). The Kier molecular flexibility index (Phi) is 3.74. The second-order valence-electron chi connectivity index (χ2n) is 4.44. The number of pyridine rings is 1. The first-order valence-electron chi connectivity index (χ1n) is 6.36. The molecule has 0 saturated carbocycles. The van der Waals surface area contributed by atoms with Gasteiger partial charge in [0.05, 0.1) is 6.54 Å². The maximum atomic E-state index is 12.2. The van der Waals surface area contributed by atoms with Gasteiger partial charge in [-0.2, -0.15) is 0 Å². The van der Waals surface area contributed by atoms with Gasteiger partial charge in [-0.1, -0.05) is 0 Å². The van der Waals surface area contributed by atoms with Crippen LogP contribution in [0.5, 0.6) is 0 Å². The van der Waals surface area contributed by atoms with Crippen LogP contribution in [0.15, 0.2) is 42.4 Å². The minimum Gasteiger partial charge on any atom is -0.346 e. The third kappa shape index (κ3) is 3.14. The van der Waals surface area contributed by atoms with E-state index >= 15 is 0 Å². The number of imidazole rings is 1. The van der Waals surface area contributed by atoms with Crippen LogP contribution in [0.4, 0.5) is 0 Å². The SMILES string of the molecule is Cc1csc(CNC(=O)c2ccnc(-n3ccnc3)c2)n1. The number of aromatic nitrogens is 4. The monoisotopic (exact) mass is 299 g/mol. The first kappa shape index (κ1) is 13.4. The fourth-order valence-corrected chi connectivity index (χ4v) is 2.55. The van der Waals surface area contributed by atoms with Crippen LogP contribution in [0.1, 0.15) is 21.1 Å². The number of aryl methyl sites for hydroxylation is 1. The molecule has 0 aromatic carbocycles. The lowest BCUT2D eigenvalue weighted by atomic mass is 10.2. The molecule has 0 radical (unpaired) electrons. The summed E-state index contributed by atoms with van der Waals surface area (Å²) < 4.78 is 1.75. The number of nitrogens with one attached hydrogen (secondary N) is 1. The minimum atomic E-state index is -0.147. The van der Waals surface area contributed by atoms with Gasteiger partial charge in [-0.25, -0.2) is 15.0 Å². The van der Waals surface area contributed by atoms with Gasteiger partial charge >= 0.3 is 0 Å². The van der Waals surface area contributed by atoms with E-state index in [0.717, 1.165) is 10.7 Å². The Hall–Kier alpha value is -2.54. The highest BCUT2D eigenvalue weighted by Gasteiger charge is 2.08. The molecule has 0 saturated heterocycles. The molecular formula is C14H13N5OS. The summed E-state index contributed by atoms with van der Waals surface area (Å²) in [5, 5.41) is 5.71. The molecule has 0 aliphatic carbocycles. The van der Waals surface area contributed by atoms with Crippen LogP contribution >= 0.6 is 11.3 Å². The van der Waals surface area contributed by atoms with Crippen LogP contribution in [0, 0.1) is 6.92 Å². The zero-order chi connectivity index (χ0) is 14.7. The second-order valence-corrected chi connectivity index (χ2v) is 5.38. The third-order valence-electron chi connectivity index (χ3n) is 2.84. The molecule has 0 bridgehead atoms. The number of hydrogen-bond donors (Lipinski definition) is 1. The van der Waals surface area contributed by atoms with Gasteiger partial charge in [0.2, 0.25) is 0 Å². The molecule has 7 heteroatoms. The van der Waals surface area contributed by atoms with E-state index in [1.165, 1.54) is 11.3 Å². The van der Waals surface area contributed by atoms with Crippen molar-refractivity contribution in [3.63, 3.8) is 0 Å². The molecule has 0 aliphatic rings. The van der Waals surface area contributed by atoms with Crippen molar-refractivity contribution >= 4 is 17.2 Å². The number of thiazole rings is 1. The van der Waals surface area contributed by atoms with Gasteiger partial charge < -0.3 is 5.32 Å². The lowest BCUT2D eigenvalue weighted by Gasteiger charge is -2.05. The van der Waals surface area contributed by atoms with Crippen LogP contribution in [-0.4, -0.2) is 25.4 Å². The van der Waals surface area contributed by atoms with E-state index in [4.69, 9.17) is 0 Å². The maximum Gasteiger partial charge on any atom is 0.251 e. The Morgan fingerprint density at radius 1 is 1.43 bits per heavy atom. The molecule has 0 atom stereocenters. The highest BCUT2D eigenvalue weighted by atomic mass is 32.1. The number of rotatable bonds is 4. The van der Waals surface area contributed by atoms with Crippen LogP contribution in [-0.2, 0) is 6.54 Å². The molecule has 1 N–H and O–H groups in total. The van der Waals surface area contributed by atoms with Gasteiger partial charge in [0.15, 0.2) is 0 Å². The average Bonchev–Trinajstić information content (AvgIpc) is 3.16. The molecule has 106 valence electrons. The Labute approximate surface area is 125 Å². The molecule has 6 nitrogen and oxygen atoms in total. The summed E-state index contributed by atoms with van der Waals surface area (Å²) in [6.45, 7) is 2.36. The van der Waals surface area contributed by atoms with Gasteiger partial charge in [0.25, 0.3) is 5.91 Å². The normalized spacial score (nSPS) is 10.5. The summed E-state index contributed by atoms with van der Waals surface area (Å²) >= 11 is 1.54. The van der Waals surface area contributed by atoms with Gasteiger partial charge in [-0.05, 0) is 19.1 Å². The topological polar surface area (TPSA) is 72.7 Å². The first-order valence-corrected chi connectivity index (χ1v) is 7.24. The number of hydrogen-bond acceptors (Lipinski definition) is 5. The Balaban J connectivity index is 1.71. The van der Waals surface area contributed by atoms with Crippen molar-refractivity contribution in [2.45, 2.75) is 13.5 Å². The van der Waals surface area contributed by atoms with Crippen molar-refractivity contribution in [1.29, 1.82) is 0 Å². The first-order chi connectivity index (χ1) is 10.2. The minimum absolute atomic E-state index is 0.147. The predicted molar refractivity (Wildman–Crippen MR) is 79.4 cm³/mol. The molecule has 0 aliphatic heterocycles. The molecule has 21 heavy (non-hydrogen) atoms. The molecular weight excluding hydrogens is 286 g/mol. The van der Waals surface area contributed by atoms with Crippen LogP contribution < -0.4 is 5.32 Å². The molecule has 0 unspecified atom stereocenters. The van der Waals surface area contributed by atoms with Crippen molar-refractivity contribution in [1.82, 2.24) is 24.8 Å². The van der Waals surface area contributed by atoms with Crippen LogP contribution in [0.25, 0.3) is 5.82 Å². The van der Waals surface area contributed by atoms with Gasteiger partial charge in [0.1, 0.15) is 17.2 Å². The fraction of sp³-hybridized carbons (Fsp3) is 0.143. The van der Waals surface area contributed by atoms with E-state index in [1.807, 2.05) is 12.3 Å². The zero-order valence-electron chi connectivity index (χ0n) is 11.4. The van der Waals surface area contributed by atoms with E-state index in [2.05, 4.69) is 20.3 Å². The second kappa shape index (κ2) is 5.84. The van der Waals surface area contributed by atoms with Crippen molar-refractivity contribution < 1.29 is 4.79 Å². The number of nitrogens with zero attached hydrogens (tertiary/aromatic N) is 4. The maximum absolute atomic E-state index is 12.2. The molecule has 3 rings (SSSR count). The molecule has 1 amide bonds. The molecule has 3 aromatic rings. The van der Waals surface area contributed by atoms with Gasteiger partial charge in [-0.3, -0.25) is 9.36 Å². The van der Waals surface area contributed by atoms with E-state index in [0.29, 0.717) is 17.9 Å². The summed E-state index contributed by atoms with van der Waals surface area (Å²) in [5.41, 5.74) is 1.53. The Morgan fingerprint density at radius 3 is 3.05 bits per heavy atom. The summed E-state index contributed by atoms with van der Waals surface area (Å²) in [7, 11) is 0. The number of amides is 1. The van der Waals surface area contributed by atoms with Crippen molar-refractivity contribution in [2.24, 2.45) is 0 Å². The highest BCUT2D eigenvalue weighted by molar-refractivity contribution is 7.09. The van der Waals surface area contributed by atoms with Gasteiger partial charge in [0, 0.05) is 35.2 Å². The van der Waals surface area contributed by atoms with E-state index < -0.39 is 0 Å². The molecule has 3 heterocycles. The van der Waals surface area contributed by atoms with E-state index in [9.17, 15) is 4.79 Å². The van der Waals surface area contributed by atoms with Crippen molar-refractivity contribution in [3.8, 4) is 5.82 Å². The molecule has 3 aromatic heterocycles. The summed E-state index contributed by atoms with van der Waals surface area (Å²) in [6.07, 6.45) is 6.70. The lowest BCUT2D eigenvalue weighted by Crippen LogP contribution is -2.23. The average molecular weight is 299 g/mol. The predicted octanol–water partition coefficient (Wildman–Crippen LogP) is 1.96. The largest absolute Gasteiger partial charge is 0.346 e. The van der Waals surface area contributed by atoms with Crippen LogP contribution in [0.2, 0.25) is 0 Å². The summed E-state index contributed by atoms with van der Waals surface area (Å²) in [4.78, 5) is 24.7. The van der Waals surface area contributed by atoms with E-state index in [1.54, 1.807) is 41.6 Å². The Morgan fingerprint density at radius 2 is 2.33 bits per heavy atom. The number of carbonyl (C=O) groups excluding carboxylic acids is 1.